The molecule has 808 valence electrons. The molecular weight excluding hydrogens is 1920 g/mol. The van der Waals surface area contributed by atoms with Crippen molar-refractivity contribution in [2.75, 3.05) is 72.7 Å². The van der Waals surface area contributed by atoms with E-state index in [1.165, 1.54) is 0 Å². The van der Waals surface area contributed by atoms with Crippen LogP contribution in [-0.2, 0) is 128 Å². The van der Waals surface area contributed by atoms with E-state index in [1.807, 2.05) is 0 Å². The third-order valence-electron chi connectivity index (χ3n) is 25.4. The minimum Gasteiger partial charge on any atom is -0.394 e. The summed E-state index contributed by atoms with van der Waals surface area (Å²) >= 11 is 0. The molecule has 0 aromatic rings. The zero-order valence-corrected chi connectivity index (χ0v) is 75.5. The maximum Gasteiger partial charge on any atom is 0.217 e. The molecule has 35 N–H and O–H groups in total. The van der Waals surface area contributed by atoms with Crippen LogP contribution in [0.15, 0.2) is 0 Å². The van der Waals surface area contributed by atoms with E-state index >= 15 is 0 Å². The Hall–Kier alpha value is -5.18. The number of hydrogen-bond acceptors (Lipinski definition) is 56. The first kappa shape index (κ1) is 115. The van der Waals surface area contributed by atoms with Gasteiger partial charge in [-0.15, -0.1) is 0 Å². The molecule has 11 fully saturated rings. The van der Waals surface area contributed by atoms with Crippen LogP contribution < -0.4 is 31.9 Å². The summed E-state index contributed by atoms with van der Waals surface area (Å²) in [7, 11) is 0. The van der Waals surface area contributed by atoms with Gasteiger partial charge in [0, 0.05) is 41.5 Å². The lowest BCUT2D eigenvalue weighted by atomic mass is 9.93. The number of amides is 6. The highest BCUT2D eigenvalue weighted by Gasteiger charge is 2.63. The molecule has 0 aromatic heterocycles. The Kier molecular flexibility index (Phi) is 41.7. The van der Waals surface area contributed by atoms with Crippen LogP contribution in [0.3, 0.4) is 0 Å². The molecule has 11 saturated heterocycles. The second-order valence-electron chi connectivity index (χ2n) is 35.3. The molecule has 11 heterocycles. The molecule has 11 rings (SSSR count). The van der Waals surface area contributed by atoms with E-state index in [9.17, 15) is 177 Å². The van der Waals surface area contributed by atoms with Crippen molar-refractivity contribution < 1.29 is 276 Å². The van der Waals surface area contributed by atoms with Crippen molar-refractivity contribution in [3.63, 3.8) is 0 Å². The first-order valence-electron chi connectivity index (χ1n) is 44.6. The topological polar surface area (TPSA) is 955 Å². The Balaban J connectivity index is 0.997. The lowest BCUT2D eigenvalue weighted by Gasteiger charge is -2.52. The van der Waals surface area contributed by atoms with Gasteiger partial charge in [0.2, 0.25) is 35.4 Å². The molecule has 0 aliphatic carbocycles. The van der Waals surface area contributed by atoms with Crippen LogP contribution in [0.4, 0.5) is 0 Å². The molecule has 0 radical (unpaired) electrons. The molecule has 62 nitrogen and oxygen atoms in total. The molecule has 11 aliphatic rings. The van der Waals surface area contributed by atoms with Crippen molar-refractivity contribution in [3.05, 3.63) is 0 Å². The third kappa shape index (κ3) is 25.8. The Labute approximate surface area is 792 Å². The molecule has 1 unspecified atom stereocenters. The molecule has 62 heteroatoms. The summed E-state index contributed by atoms with van der Waals surface area (Å²) in [5, 5.41) is 343. The molecule has 6 amide bonds. The lowest BCUT2D eigenvalue weighted by molar-refractivity contribution is -0.405. The highest BCUT2D eigenvalue weighted by molar-refractivity contribution is 5.75. The van der Waals surface area contributed by atoms with Crippen LogP contribution in [0.5, 0.6) is 0 Å². The van der Waals surface area contributed by atoms with E-state index in [2.05, 4.69) is 31.9 Å². The highest BCUT2D eigenvalue weighted by Crippen LogP contribution is 2.42. The minimum absolute atomic E-state index is 0.836. The second kappa shape index (κ2) is 50.7. The Morgan fingerprint density at radius 2 is 0.407 bits per heavy atom. The van der Waals surface area contributed by atoms with Crippen molar-refractivity contribution in [1.29, 1.82) is 0 Å². The van der Waals surface area contributed by atoms with E-state index in [4.69, 9.17) is 99.5 Å². The lowest BCUT2D eigenvalue weighted by Crippen LogP contribution is -2.71. The fourth-order valence-electron chi connectivity index (χ4n) is 18.1. The van der Waals surface area contributed by atoms with Gasteiger partial charge in [-0.05, 0) is 0 Å². The summed E-state index contributed by atoms with van der Waals surface area (Å²) in [5.41, 5.74) is 0. The molecule has 11 aliphatic heterocycles. The molecule has 140 heavy (non-hydrogen) atoms. The van der Waals surface area contributed by atoms with Gasteiger partial charge in [-0.25, -0.2) is 0 Å². The number of aliphatic hydroxyl groups excluding tert-OH is 29. The average molecular weight is 2050 g/mol. The van der Waals surface area contributed by atoms with Crippen molar-refractivity contribution in [2.24, 2.45) is 0 Å². The van der Waals surface area contributed by atoms with Gasteiger partial charge >= 0.3 is 0 Å². The second-order valence-corrected chi connectivity index (χ2v) is 35.3. The summed E-state index contributed by atoms with van der Waals surface area (Å²) in [6, 6.07) is -11.6. The van der Waals surface area contributed by atoms with Crippen molar-refractivity contribution in [2.45, 2.75) is 379 Å². The molecule has 55 atom stereocenters. The van der Waals surface area contributed by atoms with Gasteiger partial charge in [0.25, 0.3) is 0 Å². The number of rotatable bonds is 37. The van der Waals surface area contributed by atoms with Gasteiger partial charge in [-0.3, -0.25) is 28.8 Å². The quantitative estimate of drug-likeness (QED) is 0.0275. The Morgan fingerprint density at radius 3 is 0.764 bits per heavy atom. The van der Waals surface area contributed by atoms with Crippen LogP contribution in [-0.4, -0.2) is 594 Å². The largest absolute Gasteiger partial charge is 0.394 e. The summed E-state index contributed by atoms with van der Waals surface area (Å²) in [4.78, 5) is 77.6. The van der Waals surface area contributed by atoms with Crippen LogP contribution in [0.2, 0.25) is 0 Å². The monoisotopic (exact) mass is 2050 g/mol. The van der Waals surface area contributed by atoms with Gasteiger partial charge in [0.1, 0.15) is 268 Å². The van der Waals surface area contributed by atoms with Crippen molar-refractivity contribution in [3.8, 4) is 0 Å². The fourth-order valence-corrected chi connectivity index (χ4v) is 18.1. The predicted molar refractivity (Wildman–Crippen MR) is 432 cm³/mol. The molecular formula is C78H130N6O56. The Bertz CT molecular complexity index is 3920. The Morgan fingerprint density at radius 1 is 0.186 bits per heavy atom. The van der Waals surface area contributed by atoms with Gasteiger partial charge in [-0.2, -0.15) is 0 Å². The summed E-state index contributed by atoms with van der Waals surface area (Å²) in [6.45, 7) is -7.26. The van der Waals surface area contributed by atoms with Crippen LogP contribution in [0, 0.1) is 0 Å². The molecule has 0 aromatic carbocycles. The average Bonchev–Trinajstić information content (AvgIpc) is 0.754. The van der Waals surface area contributed by atoms with E-state index in [1.54, 1.807) is 0 Å². The smallest absolute Gasteiger partial charge is 0.217 e. The maximum absolute atomic E-state index is 13.4. The first-order valence-corrected chi connectivity index (χ1v) is 44.6. The van der Waals surface area contributed by atoms with Gasteiger partial charge in [0.15, 0.2) is 69.2 Å². The van der Waals surface area contributed by atoms with Crippen molar-refractivity contribution >= 4 is 35.4 Å². The van der Waals surface area contributed by atoms with Gasteiger partial charge in [0.05, 0.1) is 72.7 Å². The van der Waals surface area contributed by atoms with E-state index in [-0.39, 0.29) is 0 Å². The van der Waals surface area contributed by atoms with Gasteiger partial charge < -0.3 is 279 Å². The first-order chi connectivity index (χ1) is 66.2. The zero-order chi connectivity index (χ0) is 103. The number of aliphatic hydroxyl groups is 29. The SMILES string of the molecule is CC(=O)N[C@H]1[C@H](O[C@H]2[C@H](O)[C@@H](NC(C)=O)C(O)O[C@@H]2CO)O[C@H](CO)[C@@H](O[C@@H]2O[C@H](CO[C@H]3O[C@H](CO[C@@H]4O[C@H](CO)[C@@H](O[C@@H]5O[C@H](CO)[C@H](O)[C@H](O)[C@H]5O)[C@H](O)[C@H]4NC(C)=O)[C@@H](O)[C@H](O)[C@@H]3O[C@@H]3O[C@H](CO)[C@@H](O)[C@H](O)[C@H]3NC(C)=O)[C@@H](O)[C@H](O[C@H]3O[C@H](CO)[C@@H](O[C@@H]4O[C@H](CO)[C@@H](O)[C@H](O)[C@H]4NC(C)=O)[C@H](O)[C@@H]3O[C@@H]3O[C@H](CO)[C@@H](O[C@@H]4O[C@H](CO)[C@H](O)[C@H](O)[C@H]4O)[C@H](O)[C@H]3NC(C)=O)[C@@H]2O)[C@@H]1O. The number of hydrogen-bond donors (Lipinski definition) is 35. The van der Waals surface area contributed by atoms with E-state index < -0.39 is 446 Å². The van der Waals surface area contributed by atoms with Crippen LogP contribution >= 0.6 is 0 Å². The van der Waals surface area contributed by atoms with Gasteiger partial charge in [-0.1, -0.05) is 0 Å². The highest BCUT2D eigenvalue weighted by atomic mass is 16.8. The fraction of sp³-hybridized carbons (Fsp3) is 0.923. The standard InChI is InChI=1S/C78H130N6O56/c1-18(94)79-35-49(108)60(28(11-89)122-68(35)119)133-72-39(83-22(5)98)51(110)63(31(14-92)128-72)137-76-59(118)65(138-78-67(58(117)64(32(15-93)130-78)134-70-36(80-19(2)95)47(106)41(100)24(7-85)123-70)140-73-40(84-23(6)99)52(111)62(30(13-91)129-73)136-75-57(116)54(113)44(103)27(10-88)126-75)46(105)34(131-76)17-121-77-66(139-71-37(81-20(3)96)48(107)42(101)25(8-86)124-71)55(114)45(104)33(132-77)16-120-69-38(82-21(4)97)50(109)61(29(12-90)127-69)135-74-56(115)53(112)43(102)26(9-87)125-74/h24-78,85-93,100-119H,7-17H2,1-6H3,(H,79,94)(H,80,95)(H,81,96)(H,82,97)(H,83,98)(H,84,99)/t24-,25-,26-,27-,28-,29-,30-,31-,32-,33-,34-,35-,36-,37-,38-,39-,40-,41-,42-,43+,44+,45-,46-,47-,48-,49-,50-,51-,52-,53+,54+,55+,56-,57-,58+,59+,60-,61-,62-,63-,64-,65+,66+,67+,68?,69-,70+,71+,72+,73+,74+,75+,76+,77+,78-/m1/s1. The molecule has 0 saturated carbocycles. The van der Waals surface area contributed by atoms with Crippen LogP contribution in [0.1, 0.15) is 41.5 Å². The number of ether oxygens (including phenoxy) is 21. The summed E-state index contributed by atoms with van der Waals surface area (Å²) in [5.74, 6) is -5.73. The minimum atomic E-state index is -2.77. The normalized spacial score (nSPS) is 48.1. The summed E-state index contributed by atoms with van der Waals surface area (Å²) < 4.78 is 127. The molecule has 0 bridgehead atoms. The van der Waals surface area contributed by atoms with E-state index in [0.29, 0.717) is 0 Å². The van der Waals surface area contributed by atoms with E-state index in [0.717, 1.165) is 41.5 Å². The number of nitrogens with one attached hydrogen (secondary N) is 6. The zero-order valence-electron chi connectivity index (χ0n) is 75.5. The predicted octanol–water partition coefficient (Wildman–Crippen LogP) is -24.1. The van der Waals surface area contributed by atoms with Crippen LogP contribution in [0.25, 0.3) is 0 Å². The number of carbonyl (C=O) groups is 6. The maximum atomic E-state index is 13.4. The third-order valence-corrected chi connectivity index (χ3v) is 25.4. The van der Waals surface area contributed by atoms with Crippen molar-refractivity contribution in [1.82, 2.24) is 31.9 Å². The molecule has 0 spiro atoms. The summed E-state index contributed by atoms with van der Waals surface area (Å²) in [6.07, 6.45) is -107. The number of carbonyl (C=O) groups excluding carboxylic acids is 6.